The summed E-state index contributed by atoms with van der Waals surface area (Å²) in [7, 11) is -3.73. The van der Waals surface area contributed by atoms with E-state index in [2.05, 4.69) is 10.3 Å². The van der Waals surface area contributed by atoms with Crippen molar-refractivity contribution in [3.05, 3.63) is 55.0 Å². The molecule has 7 nitrogen and oxygen atoms in total. The Morgan fingerprint density at radius 2 is 1.93 bits per heavy atom. The molecule has 158 valence electrons. The molecule has 1 saturated heterocycles. The van der Waals surface area contributed by atoms with Gasteiger partial charge in [-0.2, -0.15) is 4.31 Å². The van der Waals surface area contributed by atoms with Crippen LogP contribution in [0, 0.1) is 5.92 Å². The minimum absolute atomic E-state index is 0.0336. The normalized spacial score (nSPS) is 18.0. The van der Waals surface area contributed by atoms with E-state index in [0.29, 0.717) is 19.4 Å². The van der Waals surface area contributed by atoms with Crippen LogP contribution in [0.5, 0.6) is 0 Å². The van der Waals surface area contributed by atoms with Gasteiger partial charge in [-0.15, -0.1) is 0 Å². The van der Waals surface area contributed by atoms with Crippen LogP contribution in [0.25, 0.3) is 10.8 Å². The van der Waals surface area contributed by atoms with Gasteiger partial charge >= 0.3 is 0 Å². The number of aromatic nitrogens is 2. The summed E-state index contributed by atoms with van der Waals surface area (Å²) in [5.41, 5.74) is 0.744. The Bertz CT molecular complexity index is 1160. The first-order chi connectivity index (χ1) is 14.4. The van der Waals surface area contributed by atoms with E-state index in [0.717, 1.165) is 16.5 Å². The van der Waals surface area contributed by atoms with E-state index in [4.69, 9.17) is 0 Å². The van der Waals surface area contributed by atoms with Crippen LogP contribution >= 0.6 is 0 Å². The standard InChI is InChI=1S/C22H26N4O3S/c1-16(2)25-14-21(23-15-25)30(28,29)26-12-6-9-18(13-26)22(27)24-20-11-5-8-17-7-3-4-10-19(17)20/h3-5,7-8,10-11,14-16,18H,6,9,12-13H2,1-2H3,(H,24,27)/t18-/m1/s1. The van der Waals surface area contributed by atoms with Crippen molar-refractivity contribution in [3.8, 4) is 0 Å². The fourth-order valence-corrected chi connectivity index (χ4v) is 5.26. The molecule has 0 spiro atoms. The molecule has 30 heavy (non-hydrogen) atoms. The van der Waals surface area contributed by atoms with Crippen LogP contribution in [0.2, 0.25) is 0 Å². The molecule has 1 aliphatic heterocycles. The lowest BCUT2D eigenvalue weighted by Gasteiger charge is -2.30. The number of nitrogens with zero attached hydrogens (tertiary/aromatic N) is 3. The van der Waals surface area contributed by atoms with Crippen molar-refractivity contribution >= 4 is 32.4 Å². The Balaban J connectivity index is 1.51. The fraction of sp³-hybridized carbons (Fsp3) is 0.364. The van der Waals surface area contributed by atoms with E-state index in [1.807, 2.05) is 56.3 Å². The maximum atomic E-state index is 13.0. The lowest BCUT2D eigenvalue weighted by atomic mass is 9.98. The highest BCUT2D eigenvalue weighted by molar-refractivity contribution is 7.89. The average Bonchev–Trinajstić information content (AvgIpc) is 3.26. The zero-order valence-corrected chi connectivity index (χ0v) is 18.0. The summed E-state index contributed by atoms with van der Waals surface area (Å²) >= 11 is 0. The molecule has 0 bridgehead atoms. The second kappa shape index (κ2) is 8.20. The summed E-state index contributed by atoms with van der Waals surface area (Å²) in [4.78, 5) is 17.1. The molecular formula is C22H26N4O3S. The first-order valence-corrected chi connectivity index (χ1v) is 11.6. The van der Waals surface area contributed by atoms with E-state index < -0.39 is 15.9 Å². The quantitative estimate of drug-likeness (QED) is 0.675. The number of anilines is 1. The highest BCUT2D eigenvalue weighted by Crippen LogP contribution is 2.27. The summed E-state index contributed by atoms with van der Waals surface area (Å²) < 4.78 is 29.2. The molecule has 1 atom stereocenters. The smallest absolute Gasteiger partial charge is 0.262 e. The zero-order chi connectivity index (χ0) is 21.3. The zero-order valence-electron chi connectivity index (χ0n) is 17.2. The third-order valence-electron chi connectivity index (χ3n) is 5.58. The van der Waals surface area contributed by atoms with Crippen LogP contribution in [-0.4, -0.2) is 41.3 Å². The molecule has 0 saturated carbocycles. The predicted molar refractivity (Wildman–Crippen MR) is 117 cm³/mol. The van der Waals surface area contributed by atoms with Gasteiger partial charge in [0.1, 0.15) is 0 Å². The average molecular weight is 427 g/mol. The number of hydrogen-bond acceptors (Lipinski definition) is 4. The van der Waals surface area contributed by atoms with Gasteiger partial charge in [-0.25, -0.2) is 13.4 Å². The van der Waals surface area contributed by atoms with Crippen LogP contribution in [0.15, 0.2) is 60.0 Å². The van der Waals surface area contributed by atoms with E-state index in [1.54, 1.807) is 10.8 Å². The first-order valence-electron chi connectivity index (χ1n) is 10.2. The molecule has 3 aromatic rings. The predicted octanol–water partition coefficient (Wildman–Crippen LogP) is 3.66. The number of hydrogen-bond donors (Lipinski definition) is 1. The van der Waals surface area contributed by atoms with Gasteiger partial charge in [-0.05, 0) is 38.1 Å². The Kier molecular flexibility index (Phi) is 5.62. The summed E-state index contributed by atoms with van der Waals surface area (Å²) in [6.45, 7) is 4.49. The highest BCUT2D eigenvalue weighted by Gasteiger charge is 2.34. The van der Waals surface area contributed by atoms with E-state index in [9.17, 15) is 13.2 Å². The number of imidazole rings is 1. The molecule has 1 N–H and O–H groups in total. The van der Waals surface area contributed by atoms with Crippen molar-refractivity contribution < 1.29 is 13.2 Å². The van der Waals surface area contributed by atoms with Crippen molar-refractivity contribution in [1.29, 1.82) is 0 Å². The maximum Gasteiger partial charge on any atom is 0.262 e. The van der Waals surface area contributed by atoms with Crippen molar-refractivity contribution in [2.24, 2.45) is 5.92 Å². The molecule has 1 aromatic heterocycles. The fourth-order valence-electron chi connectivity index (χ4n) is 3.81. The Hall–Kier alpha value is -2.71. The van der Waals surface area contributed by atoms with Gasteiger partial charge in [0.2, 0.25) is 5.91 Å². The van der Waals surface area contributed by atoms with Crippen molar-refractivity contribution in [3.63, 3.8) is 0 Å². The monoisotopic (exact) mass is 426 g/mol. The number of amides is 1. The Labute approximate surface area is 176 Å². The number of rotatable bonds is 5. The summed E-state index contributed by atoms with van der Waals surface area (Å²) in [6, 6.07) is 13.8. The van der Waals surface area contributed by atoms with Crippen LogP contribution in [0.1, 0.15) is 32.7 Å². The summed E-state index contributed by atoms with van der Waals surface area (Å²) in [6.07, 6.45) is 4.38. The molecule has 4 rings (SSSR count). The number of carbonyl (C=O) groups is 1. The van der Waals surface area contributed by atoms with Crippen LogP contribution < -0.4 is 5.32 Å². The first kappa shape index (κ1) is 20.6. The second-order valence-corrected chi connectivity index (χ2v) is 9.86. The minimum atomic E-state index is -3.73. The van der Waals surface area contributed by atoms with Crippen LogP contribution in [0.4, 0.5) is 5.69 Å². The van der Waals surface area contributed by atoms with Gasteiger partial charge in [0.25, 0.3) is 10.0 Å². The van der Waals surface area contributed by atoms with Gasteiger partial charge in [0, 0.05) is 36.4 Å². The van der Waals surface area contributed by atoms with Crippen molar-refractivity contribution in [2.75, 3.05) is 18.4 Å². The molecule has 1 fully saturated rings. The Morgan fingerprint density at radius 3 is 2.70 bits per heavy atom. The highest BCUT2D eigenvalue weighted by atomic mass is 32.2. The van der Waals surface area contributed by atoms with Crippen molar-refractivity contribution in [2.45, 2.75) is 37.8 Å². The van der Waals surface area contributed by atoms with E-state index >= 15 is 0 Å². The van der Waals surface area contributed by atoms with Crippen molar-refractivity contribution in [1.82, 2.24) is 13.9 Å². The number of sulfonamides is 1. The number of benzene rings is 2. The molecule has 0 unspecified atom stereocenters. The lowest BCUT2D eigenvalue weighted by molar-refractivity contribution is -0.120. The SMILES string of the molecule is CC(C)n1cnc(S(=O)(=O)N2CCC[C@@H](C(=O)Nc3cccc4ccccc34)C2)c1. The third kappa shape index (κ3) is 3.97. The molecule has 2 heterocycles. The van der Waals surface area contributed by atoms with Crippen LogP contribution in [0.3, 0.4) is 0 Å². The Morgan fingerprint density at radius 1 is 1.17 bits per heavy atom. The van der Waals surface area contributed by atoms with Crippen LogP contribution in [-0.2, 0) is 14.8 Å². The van der Waals surface area contributed by atoms with Gasteiger partial charge in [-0.3, -0.25) is 4.79 Å². The number of nitrogens with one attached hydrogen (secondary N) is 1. The molecule has 2 aromatic carbocycles. The summed E-state index contributed by atoms with van der Waals surface area (Å²) in [5.74, 6) is -0.557. The second-order valence-electron chi connectivity index (χ2n) is 7.97. The molecule has 0 radical (unpaired) electrons. The maximum absolute atomic E-state index is 13.0. The van der Waals surface area contributed by atoms with Gasteiger partial charge < -0.3 is 9.88 Å². The number of piperidine rings is 1. The van der Waals surface area contributed by atoms with E-state index in [-0.39, 0.29) is 23.5 Å². The number of carbonyl (C=O) groups excluding carboxylic acids is 1. The molecule has 8 heteroatoms. The molecule has 1 amide bonds. The molecular weight excluding hydrogens is 400 g/mol. The molecule has 0 aliphatic carbocycles. The van der Waals surface area contributed by atoms with Gasteiger partial charge in [0.15, 0.2) is 5.03 Å². The third-order valence-corrected chi connectivity index (χ3v) is 7.33. The van der Waals surface area contributed by atoms with Gasteiger partial charge in [-0.1, -0.05) is 36.4 Å². The van der Waals surface area contributed by atoms with E-state index in [1.165, 1.54) is 10.6 Å². The molecule has 1 aliphatic rings. The summed E-state index contributed by atoms with van der Waals surface area (Å²) in [5, 5.41) is 5.05. The largest absolute Gasteiger partial charge is 0.334 e. The topological polar surface area (TPSA) is 84.3 Å². The lowest BCUT2D eigenvalue weighted by Crippen LogP contribution is -2.43. The minimum Gasteiger partial charge on any atom is -0.334 e. The van der Waals surface area contributed by atoms with Gasteiger partial charge in [0.05, 0.1) is 12.2 Å². The number of fused-ring (bicyclic) bond motifs is 1.